The van der Waals surface area contributed by atoms with E-state index in [9.17, 15) is 10.0 Å². The van der Waals surface area contributed by atoms with E-state index in [1.165, 1.54) is 0 Å². The average Bonchev–Trinajstić information content (AvgIpc) is 3.25. The van der Waals surface area contributed by atoms with E-state index >= 15 is 0 Å². The molecule has 0 bridgehead atoms. The summed E-state index contributed by atoms with van der Waals surface area (Å²) in [6.45, 7) is 1.85. The Morgan fingerprint density at radius 1 is 1.00 bits per heavy atom. The minimum Gasteiger partial charge on any atom is -0.627 e. The number of aliphatic imine (C=N–C) groups is 1. The standard InChI is InChI=1S/C31H37N7O3/c32-29(33)24-9-8-23-18-28(30(39)37-16-13-21(14-17-37)12-15-36-31(34)35)38(40,27(23)19-24)20-22-6-10-26(11-7-22)41-25-4-2-1-3-5-25/h1-11,19,21,28H,12-18,20H2,(H3,32,33)(H4,34,35,36). The molecule has 2 unspecified atom stereocenters. The number of ether oxygens (including phenoxy) is 1. The number of nitrogens with one attached hydrogen (secondary N) is 1. The van der Waals surface area contributed by atoms with Crippen molar-refractivity contribution in [1.82, 2.24) is 9.55 Å². The van der Waals surface area contributed by atoms with Crippen LogP contribution in [0.3, 0.4) is 0 Å². The van der Waals surface area contributed by atoms with Crippen molar-refractivity contribution >= 4 is 23.4 Å². The average molecular weight is 556 g/mol. The number of hydrogen-bond donors (Lipinski definition) is 4. The number of amidine groups is 1. The molecule has 3 aromatic carbocycles. The highest BCUT2D eigenvalue weighted by Gasteiger charge is 2.47. The van der Waals surface area contributed by atoms with Crippen molar-refractivity contribution in [3.8, 4) is 11.5 Å². The molecule has 214 valence electrons. The summed E-state index contributed by atoms with van der Waals surface area (Å²) in [6, 6.07) is 21.3. The van der Waals surface area contributed by atoms with Crippen LogP contribution in [-0.4, -0.2) is 48.3 Å². The minimum absolute atomic E-state index is 0.0748. The van der Waals surface area contributed by atoms with Crippen LogP contribution in [0.4, 0.5) is 5.69 Å². The van der Waals surface area contributed by atoms with Crippen molar-refractivity contribution in [2.24, 2.45) is 28.1 Å². The smallest absolute Gasteiger partial charge is 0.282 e. The Labute approximate surface area is 240 Å². The second-order valence-electron chi connectivity index (χ2n) is 10.9. The second-order valence-corrected chi connectivity index (χ2v) is 10.9. The zero-order valence-electron chi connectivity index (χ0n) is 23.0. The fourth-order valence-corrected chi connectivity index (χ4v) is 5.83. The molecule has 3 aromatic rings. The number of fused-ring (bicyclic) bond motifs is 1. The molecule has 10 nitrogen and oxygen atoms in total. The van der Waals surface area contributed by atoms with Crippen LogP contribution in [0.5, 0.6) is 11.5 Å². The van der Waals surface area contributed by atoms with Crippen LogP contribution >= 0.6 is 0 Å². The molecule has 7 N–H and O–H groups in total. The number of quaternary nitrogens is 1. The molecule has 0 spiro atoms. The maximum Gasteiger partial charge on any atom is 0.282 e. The lowest BCUT2D eigenvalue weighted by Gasteiger charge is -2.45. The van der Waals surface area contributed by atoms with Gasteiger partial charge in [0.05, 0.1) is 0 Å². The maximum atomic E-state index is 14.8. The van der Waals surface area contributed by atoms with Gasteiger partial charge in [-0.1, -0.05) is 30.3 Å². The predicted molar refractivity (Wildman–Crippen MR) is 161 cm³/mol. The van der Waals surface area contributed by atoms with Gasteiger partial charge in [0, 0.05) is 48.8 Å². The summed E-state index contributed by atoms with van der Waals surface area (Å²) < 4.78 is 5.09. The number of nitrogens with zero attached hydrogens (tertiary/aromatic N) is 3. The number of nitrogens with two attached hydrogens (primary N) is 3. The van der Waals surface area contributed by atoms with E-state index in [-0.39, 0.29) is 24.2 Å². The third-order valence-electron chi connectivity index (χ3n) is 8.08. The lowest BCUT2D eigenvalue weighted by atomic mass is 9.93. The number of likely N-dealkylation sites (tertiary alicyclic amines) is 1. The number of amides is 1. The number of hydrogen-bond acceptors (Lipinski definition) is 5. The number of piperidine rings is 1. The lowest BCUT2D eigenvalue weighted by Crippen LogP contribution is -2.57. The quantitative estimate of drug-likeness (QED) is 0.136. The number of rotatable bonds is 9. The first-order valence-electron chi connectivity index (χ1n) is 14.0. The molecule has 2 aliphatic rings. The molecule has 41 heavy (non-hydrogen) atoms. The summed E-state index contributed by atoms with van der Waals surface area (Å²) in [5.41, 5.74) is 19.2. The Morgan fingerprint density at radius 2 is 1.68 bits per heavy atom. The van der Waals surface area contributed by atoms with Crippen molar-refractivity contribution in [1.29, 1.82) is 5.41 Å². The molecule has 5 rings (SSSR count). The topological polar surface area (TPSA) is 167 Å². The van der Waals surface area contributed by atoms with Gasteiger partial charge in [-0.25, -0.2) is 0 Å². The van der Waals surface area contributed by atoms with Gasteiger partial charge >= 0.3 is 0 Å². The van der Waals surface area contributed by atoms with Crippen molar-refractivity contribution in [2.45, 2.75) is 38.3 Å². The summed E-state index contributed by atoms with van der Waals surface area (Å²) in [5.74, 6) is 1.67. The molecule has 1 fully saturated rings. The first-order valence-corrected chi connectivity index (χ1v) is 14.0. The highest BCUT2D eigenvalue weighted by Crippen LogP contribution is 2.42. The number of para-hydroxylation sites is 1. The number of carbonyl (C=O) groups excluding carboxylic acids is 1. The number of carbonyl (C=O) groups is 1. The molecule has 0 aliphatic carbocycles. The van der Waals surface area contributed by atoms with Crippen LogP contribution < -0.4 is 26.6 Å². The van der Waals surface area contributed by atoms with Gasteiger partial charge < -0.3 is 36.7 Å². The van der Waals surface area contributed by atoms with Gasteiger partial charge in [0.2, 0.25) is 0 Å². The number of nitrogen functional groups attached to an aromatic ring is 1. The van der Waals surface area contributed by atoms with Gasteiger partial charge in [-0.2, -0.15) is 0 Å². The van der Waals surface area contributed by atoms with Crippen LogP contribution in [0.2, 0.25) is 0 Å². The summed E-state index contributed by atoms with van der Waals surface area (Å²) in [6.07, 6.45) is 2.91. The van der Waals surface area contributed by atoms with Gasteiger partial charge in [-0.15, -0.1) is 0 Å². The van der Waals surface area contributed by atoms with Gasteiger partial charge in [-0.3, -0.25) is 15.2 Å². The zero-order chi connectivity index (χ0) is 29.0. The molecule has 2 aliphatic heterocycles. The summed E-state index contributed by atoms with van der Waals surface area (Å²) in [4.78, 5) is 19.8. The molecule has 2 atom stereocenters. The highest BCUT2D eigenvalue weighted by molar-refractivity contribution is 5.97. The van der Waals surface area contributed by atoms with Crippen molar-refractivity contribution < 1.29 is 9.53 Å². The van der Waals surface area contributed by atoms with E-state index in [0.29, 0.717) is 49.0 Å². The Morgan fingerprint density at radius 3 is 2.34 bits per heavy atom. The molecule has 0 aromatic heterocycles. The van der Waals surface area contributed by atoms with Crippen molar-refractivity contribution in [2.75, 3.05) is 19.6 Å². The Kier molecular flexibility index (Phi) is 8.23. The van der Waals surface area contributed by atoms with E-state index in [1.807, 2.05) is 65.6 Å². The normalized spacial score (nSPS) is 20.3. The predicted octanol–water partition coefficient (Wildman–Crippen LogP) is 3.60. The fraction of sp³-hybridized carbons (Fsp3) is 0.323. The van der Waals surface area contributed by atoms with Gasteiger partial charge in [0.25, 0.3) is 5.91 Å². The molecule has 1 amide bonds. The summed E-state index contributed by atoms with van der Waals surface area (Å²) in [7, 11) is 0. The molecule has 1 saturated heterocycles. The Bertz CT molecular complexity index is 1420. The van der Waals surface area contributed by atoms with E-state index in [1.54, 1.807) is 12.1 Å². The van der Waals surface area contributed by atoms with Crippen molar-refractivity contribution in [3.05, 3.63) is 94.7 Å². The molecular formula is C31H37N7O3. The van der Waals surface area contributed by atoms with E-state index in [4.69, 9.17) is 27.3 Å². The third kappa shape index (κ3) is 6.34. The zero-order valence-corrected chi connectivity index (χ0v) is 23.0. The summed E-state index contributed by atoms with van der Waals surface area (Å²) >= 11 is 0. The largest absolute Gasteiger partial charge is 0.627 e. The van der Waals surface area contributed by atoms with Gasteiger partial charge in [0.1, 0.15) is 29.6 Å². The van der Waals surface area contributed by atoms with Crippen LogP contribution in [-0.2, 0) is 17.8 Å². The minimum atomic E-state index is -0.821. The van der Waals surface area contributed by atoms with Crippen molar-refractivity contribution in [3.63, 3.8) is 0 Å². The number of hydroxylamine groups is 2. The van der Waals surface area contributed by atoms with Gasteiger partial charge in [0.15, 0.2) is 12.0 Å². The lowest BCUT2D eigenvalue weighted by molar-refractivity contribution is -0.137. The first kappa shape index (κ1) is 28.1. The van der Waals surface area contributed by atoms with Gasteiger partial charge in [-0.05, 0) is 61.6 Å². The second kappa shape index (κ2) is 12.0. The molecule has 0 saturated carbocycles. The molecule has 2 heterocycles. The molecule has 10 heteroatoms. The van der Waals surface area contributed by atoms with Crippen LogP contribution in [0.15, 0.2) is 77.8 Å². The number of benzene rings is 3. The van der Waals surface area contributed by atoms with E-state index in [2.05, 4.69) is 4.99 Å². The monoisotopic (exact) mass is 555 g/mol. The maximum absolute atomic E-state index is 14.8. The summed E-state index contributed by atoms with van der Waals surface area (Å²) in [5, 5.41) is 22.7. The van der Waals surface area contributed by atoms with Crippen LogP contribution in [0.25, 0.3) is 0 Å². The first-order chi connectivity index (χ1) is 19.7. The van der Waals surface area contributed by atoms with Crippen LogP contribution in [0.1, 0.15) is 36.0 Å². The number of guanidine groups is 1. The Hall–Kier alpha value is -4.41. The third-order valence-corrected chi connectivity index (χ3v) is 8.08. The van der Waals surface area contributed by atoms with Crippen LogP contribution in [0, 0.1) is 16.5 Å². The van der Waals surface area contributed by atoms with E-state index < -0.39 is 10.7 Å². The highest BCUT2D eigenvalue weighted by atomic mass is 16.6. The SMILES string of the molecule is N=C(N)c1ccc2c(c1)[N+]([O-])(Cc1ccc(Oc3ccccc3)cc1)C(C(=O)N1CCC(CCN=C(N)N)CC1)C2. The molecular weight excluding hydrogens is 518 g/mol. The van der Waals surface area contributed by atoms with E-state index in [0.717, 1.165) is 36.1 Å². The molecule has 0 radical (unpaired) electrons. The Balaban J connectivity index is 1.35. The fourth-order valence-electron chi connectivity index (χ4n) is 5.83.